The first-order valence-electron chi connectivity index (χ1n) is 4.60. The first kappa shape index (κ1) is 13.4. The standard InChI is InChI=1S/C8H11N4O4P/c1-4(13)6-8(12(15)16)7(5(2)14)11(10-6)3-9-17/h9H,3,17H2,1-2H3. The number of nitro groups is 1. The largest absolute Gasteiger partial charge is 0.329 e. The summed E-state index contributed by atoms with van der Waals surface area (Å²) in [6, 6.07) is 0. The van der Waals surface area contributed by atoms with Crippen LogP contribution in [0.3, 0.4) is 0 Å². The summed E-state index contributed by atoms with van der Waals surface area (Å²) < 4.78 is 1.10. The molecule has 1 heterocycles. The van der Waals surface area contributed by atoms with Crippen molar-refractivity contribution < 1.29 is 14.5 Å². The van der Waals surface area contributed by atoms with E-state index in [-0.39, 0.29) is 18.1 Å². The number of nitrogens with one attached hydrogen (secondary N) is 1. The molecule has 92 valence electrons. The first-order chi connectivity index (χ1) is 7.90. The maximum absolute atomic E-state index is 11.4. The van der Waals surface area contributed by atoms with E-state index in [1.54, 1.807) is 0 Å². The Labute approximate surface area is 98.8 Å². The fourth-order valence-electron chi connectivity index (χ4n) is 1.41. The smallest absolute Gasteiger partial charge is 0.292 e. The van der Waals surface area contributed by atoms with Crippen LogP contribution < -0.4 is 5.09 Å². The van der Waals surface area contributed by atoms with Crippen molar-refractivity contribution in [1.29, 1.82) is 0 Å². The Morgan fingerprint density at radius 1 is 1.47 bits per heavy atom. The number of ketones is 2. The second kappa shape index (κ2) is 5.11. The summed E-state index contributed by atoms with van der Waals surface area (Å²) in [7, 11) is 2.18. The van der Waals surface area contributed by atoms with E-state index in [1.165, 1.54) is 6.92 Å². The zero-order valence-electron chi connectivity index (χ0n) is 9.26. The lowest BCUT2D eigenvalue weighted by atomic mass is 10.2. The van der Waals surface area contributed by atoms with Crippen LogP contribution in [0, 0.1) is 10.1 Å². The summed E-state index contributed by atoms with van der Waals surface area (Å²) >= 11 is 0. The van der Waals surface area contributed by atoms with Crippen molar-refractivity contribution in [1.82, 2.24) is 14.9 Å². The lowest BCUT2D eigenvalue weighted by Gasteiger charge is -2.01. The molecule has 1 unspecified atom stereocenters. The number of hydrogen-bond acceptors (Lipinski definition) is 6. The molecule has 9 heteroatoms. The van der Waals surface area contributed by atoms with Gasteiger partial charge in [0.15, 0.2) is 17.3 Å². The molecule has 0 saturated heterocycles. The fraction of sp³-hybridized carbons (Fsp3) is 0.375. The molecule has 0 fully saturated rings. The van der Waals surface area contributed by atoms with Crippen molar-refractivity contribution in [2.75, 3.05) is 0 Å². The predicted molar refractivity (Wildman–Crippen MR) is 61.7 cm³/mol. The van der Waals surface area contributed by atoms with Crippen molar-refractivity contribution in [3.8, 4) is 0 Å². The van der Waals surface area contributed by atoms with Crippen molar-refractivity contribution >= 4 is 26.6 Å². The fourth-order valence-corrected chi connectivity index (χ4v) is 1.58. The molecule has 0 aliphatic heterocycles. The van der Waals surface area contributed by atoms with Crippen molar-refractivity contribution in [3.05, 3.63) is 21.5 Å². The second-order valence-electron chi connectivity index (χ2n) is 3.28. The molecule has 0 aromatic carbocycles. The molecule has 0 amide bonds. The normalized spacial score (nSPS) is 10.3. The summed E-state index contributed by atoms with van der Waals surface area (Å²) in [6.45, 7) is 2.43. The lowest BCUT2D eigenvalue weighted by Crippen LogP contribution is -2.15. The molecular formula is C8H11N4O4P. The molecule has 0 spiro atoms. The van der Waals surface area contributed by atoms with Crippen LogP contribution in [0.2, 0.25) is 0 Å². The molecule has 1 aromatic heterocycles. The molecule has 1 rings (SSSR count). The summed E-state index contributed by atoms with van der Waals surface area (Å²) in [6.07, 6.45) is 0. The highest BCUT2D eigenvalue weighted by molar-refractivity contribution is 7.13. The van der Waals surface area contributed by atoms with Crippen LogP contribution >= 0.6 is 9.39 Å². The van der Waals surface area contributed by atoms with Gasteiger partial charge in [0.05, 0.1) is 11.6 Å². The van der Waals surface area contributed by atoms with E-state index in [9.17, 15) is 19.7 Å². The van der Waals surface area contributed by atoms with E-state index in [2.05, 4.69) is 19.6 Å². The number of rotatable bonds is 5. The van der Waals surface area contributed by atoms with Gasteiger partial charge in [-0.05, 0) is 0 Å². The average molecular weight is 258 g/mol. The number of aromatic nitrogens is 2. The SMILES string of the molecule is CC(=O)c1nn(CNP)c(C(C)=O)c1[N+](=O)[O-]. The van der Waals surface area contributed by atoms with Crippen LogP contribution in [0.4, 0.5) is 5.69 Å². The van der Waals surface area contributed by atoms with Gasteiger partial charge in [0.25, 0.3) is 0 Å². The Morgan fingerprint density at radius 2 is 2.06 bits per heavy atom. The Hall–Kier alpha value is -1.66. The first-order valence-corrected chi connectivity index (χ1v) is 5.18. The zero-order chi connectivity index (χ0) is 13.2. The van der Waals surface area contributed by atoms with Crippen molar-refractivity contribution in [2.24, 2.45) is 0 Å². The van der Waals surface area contributed by atoms with Gasteiger partial charge in [0.1, 0.15) is 0 Å². The van der Waals surface area contributed by atoms with Gasteiger partial charge < -0.3 is 0 Å². The van der Waals surface area contributed by atoms with Gasteiger partial charge in [-0.25, -0.2) is 4.68 Å². The Balaban J connectivity index is 3.55. The lowest BCUT2D eigenvalue weighted by molar-refractivity contribution is -0.385. The number of hydrogen-bond donors (Lipinski definition) is 1. The van der Waals surface area contributed by atoms with Gasteiger partial charge in [-0.15, -0.1) is 0 Å². The van der Waals surface area contributed by atoms with E-state index in [4.69, 9.17) is 0 Å². The summed E-state index contributed by atoms with van der Waals surface area (Å²) in [5.41, 5.74) is -1.03. The van der Waals surface area contributed by atoms with Gasteiger partial charge >= 0.3 is 5.69 Å². The number of carbonyl (C=O) groups is 2. The van der Waals surface area contributed by atoms with Gasteiger partial charge in [-0.3, -0.25) is 24.8 Å². The van der Waals surface area contributed by atoms with Crippen molar-refractivity contribution in [2.45, 2.75) is 20.5 Å². The predicted octanol–water partition coefficient (Wildman–Crippen LogP) is 0.534. The van der Waals surface area contributed by atoms with E-state index in [0.717, 1.165) is 11.6 Å². The highest BCUT2D eigenvalue weighted by atomic mass is 31.0. The van der Waals surface area contributed by atoms with Crippen LogP contribution in [0.5, 0.6) is 0 Å². The molecule has 0 bridgehead atoms. The number of Topliss-reactive ketones (excluding diaryl/α,β-unsaturated/α-hetero) is 2. The van der Waals surface area contributed by atoms with Gasteiger partial charge in [-0.1, -0.05) is 9.39 Å². The Kier molecular flexibility index (Phi) is 4.03. The highest BCUT2D eigenvalue weighted by Gasteiger charge is 2.32. The molecule has 1 aromatic rings. The molecule has 0 radical (unpaired) electrons. The molecule has 1 atom stereocenters. The quantitative estimate of drug-likeness (QED) is 0.357. The second-order valence-corrected chi connectivity index (χ2v) is 3.69. The van der Waals surface area contributed by atoms with E-state index >= 15 is 0 Å². The van der Waals surface area contributed by atoms with Crippen LogP contribution in [-0.2, 0) is 6.67 Å². The third kappa shape index (κ3) is 2.54. The maximum Gasteiger partial charge on any atom is 0.329 e. The van der Waals surface area contributed by atoms with Crippen LogP contribution in [-0.4, -0.2) is 26.3 Å². The van der Waals surface area contributed by atoms with Crippen LogP contribution in [0.1, 0.15) is 34.8 Å². The third-order valence-corrected chi connectivity index (χ3v) is 2.20. The molecule has 8 nitrogen and oxygen atoms in total. The molecule has 0 saturated carbocycles. The summed E-state index contributed by atoms with van der Waals surface area (Å²) in [5, 5.41) is 17.3. The third-order valence-electron chi connectivity index (χ3n) is 2.02. The minimum atomic E-state index is -0.764. The van der Waals surface area contributed by atoms with Gasteiger partial charge in [0, 0.05) is 13.8 Å². The van der Waals surface area contributed by atoms with Gasteiger partial charge in [-0.2, -0.15) is 5.10 Å². The van der Waals surface area contributed by atoms with Crippen LogP contribution in [0.15, 0.2) is 0 Å². The summed E-state index contributed by atoms with van der Waals surface area (Å²) in [4.78, 5) is 32.8. The molecule has 1 N–H and O–H groups in total. The summed E-state index contributed by atoms with van der Waals surface area (Å²) in [5.74, 6) is -1.07. The average Bonchev–Trinajstić information content (AvgIpc) is 2.57. The van der Waals surface area contributed by atoms with Crippen molar-refractivity contribution in [3.63, 3.8) is 0 Å². The van der Waals surface area contributed by atoms with Crippen LogP contribution in [0.25, 0.3) is 0 Å². The minimum absolute atomic E-state index is 0.0771. The highest BCUT2D eigenvalue weighted by Crippen LogP contribution is 2.24. The number of nitrogens with zero attached hydrogens (tertiary/aromatic N) is 3. The molecule has 0 aliphatic carbocycles. The van der Waals surface area contributed by atoms with E-state index in [1.807, 2.05) is 0 Å². The maximum atomic E-state index is 11.4. The Morgan fingerprint density at radius 3 is 2.41 bits per heavy atom. The van der Waals surface area contributed by atoms with Gasteiger partial charge in [0.2, 0.25) is 5.69 Å². The molecule has 17 heavy (non-hydrogen) atoms. The number of carbonyl (C=O) groups excluding carboxylic acids is 2. The molecular weight excluding hydrogens is 247 g/mol. The minimum Gasteiger partial charge on any atom is -0.292 e. The zero-order valence-corrected chi connectivity index (χ0v) is 10.4. The van der Waals surface area contributed by atoms with E-state index < -0.39 is 22.2 Å². The Bertz CT molecular complexity index is 496. The monoisotopic (exact) mass is 258 g/mol. The van der Waals surface area contributed by atoms with E-state index in [0.29, 0.717) is 0 Å². The molecule has 0 aliphatic rings. The topological polar surface area (TPSA) is 107 Å².